The second kappa shape index (κ2) is 6.18. The first kappa shape index (κ1) is 13.3. The van der Waals surface area contributed by atoms with Gasteiger partial charge < -0.3 is 5.32 Å². The van der Waals surface area contributed by atoms with Gasteiger partial charge in [-0.05, 0) is 38.0 Å². The molecule has 0 fully saturated rings. The zero-order valence-electron chi connectivity index (χ0n) is 11.4. The van der Waals surface area contributed by atoms with Gasteiger partial charge in [-0.15, -0.1) is 0 Å². The van der Waals surface area contributed by atoms with Gasteiger partial charge in [-0.25, -0.2) is 0 Å². The zero-order valence-corrected chi connectivity index (χ0v) is 11.4. The van der Waals surface area contributed by atoms with Crippen LogP contribution in [0.2, 0.25) is 0 Å². The van der Waals surface area contributed by atoms with Gasteiger partial charge in [0.1, 0.15) is 0 Å². The van der Waals surface area contributed by atoms with Crippen LogP contribution in [0.1, 0.15) is 28.0 Å². The summed E-state index contributed by atoms with van der Waals surface area (Å²) >= 11 is 0. The zero-order chi connectivity index (χ0) is 13.7. The number of nitrogens with one attached hydrogen (secondary N) is 1. The Bertz CT molecular complexity index is 560. The summed E-state index contributed by atoms with van der Waals surface area (Å²) in [6.07, 6.45) is 2.83. The predicted molar refractivity (Wildman–Crippen MR) is 75.1 cm³/mol. The lowest BCUT2D eigenvalue weighted by molar-refractivity contribution is 0.0952. The molecule has 0 spiro atoms. The third-order valence-corrected chi connectivity index (χ3v) is 3.01. The van der Waals surface area contributed by atoms with Crippen LogP contribution >= 0.6 is 0 Å². The second-order valence-corrected chi connectivity index (χ2v) is 4.64. The highest BCUT2D eigenvalue weighted by Gasteiger charge is 2.06. The molecule has 0 aliphatic carbocycles. The van der Waals surface area contributed by atoms with Crippen molar-refractivity contribution < 1.29 is 4.79 Å². The molecule has 0 saturated heterocycles. The van der Waals surface area contributed by atoms with Crippen LogP contribution in [0.3, 0.4) is 0 Å². The van der Waals surface area contributed by atoms with Crippen LogP contribution in [0.4, 0.5) is 0 Å². The number of amides is 1. The monoisotopic (exact) mass is 257 g/mol. The molecule has 0 saturated carbocycles. The molecule has 19 heavy (non-hydrogen) atoms. The van der Waals surface area contributed by atoms with E-state index >= 15 is 0 Å². The molecule has 100 valence electrons. The molecular weight excluding hydrogens is 238 g/mol. The van der Waals surface area contributed by atoms with Crippen LogP contribution in [0.5, 0.6) is 0 Å². The molecule has 4 heteroatoms. The van der Waals surface area contributed by atoms with E-state index < -0.39 is 0 Å². The van der Waals surface area contributed by atoms with Crippen LogP contribution in [0.25, 0.3) is 0 Å². The van der Waals surface area contributed by atoms with E-state index in [1.807, 2.05) is 55.1 Å². The summed E-state index contributed by atoms with van der Waals surface area (Å²) in [4.78, 5) is 11.9. The average Bonchev–Trinajstić information content (AvgIpc) is 2.81. The number of hydrogen-bond donors (Lipinski definition) is 1. The smallest absolute Gasteiger partial charge is 0.251 e. The normalized spacial score (nSPS) is 10.4. The van der Waals surface area contributed by atoms with Gasteiger partial charge in [0.15, 0.2) is 0 Å². The molecule has 4 nitrogen and oxygen atoms in total. The molecule has 0 aliphatic heterocycles. The predicted octanol–water partition coefficient (Wildman–Crippen LogP) is 2.32. The van der Waals surface area contributed by atoms with Gasteiger partial charge in [-0.3, -0.25) is 9.48 Å². The van der Waals surface area contributed by atoms with Crippen LogP contribution < -0.4 is 5.32 Å². The van der Waals surface area contributed by atoms with E-state index in [-0.39, 0.29) is 5.91 Å². The molecular formula is C15H19N3O. The lowest BCUT2D eigenvalue weighted by atomic mass is 10.1. The molecule has 2 aromatic rings. The van der Waals surface area contributed by atoms with Crippen molar-refractivity contribution in [2.45, 2.75) is 26.8 Å². The Hall–Kier alpha value is -2.10. The lowest BCUT2D eigenvalue weighted by Gasteiger charge is -2.07. The second-order valence-electron chi connectivity index (χ2n) is 4.64. The minimum absolute atomic E-state index is 0.00486. The van der Waals surface area contributed by atoms with Gasteiger partial charge in [-0.1, -0.05) is 18.2 Å². The van der Waals surface area contributed by atoms with E-state index in [1.165, 1.54) is 0 Å². The SMILES string of the molecule is Cc1ccn(CCCNC(=O)c2ccccc2C)n1. The Morgan fingerprint density at radius 3 is 2.74 bits per heavy atom. The molecule has 1 aromatic heterocycles. The summed E-state index contributed by atoms with van der Waals surface area (Å²) in [7, 11) is 0. The van der Waals surface area contributed by atoms with Crippen molar-refractivity contribution in [1.29, 1.82) is 0 Å². The Morgan fingerprint density at radius 2 is 2.05 bits per heavy atom. The van der Waals surface area contributed by atoms with Crippen molar-refractivity contribution in [1.82, 2.24) is 15.1 Å². The number of aromatic nitrogens is 2. The molecule has 1 N–H and O–H groups in total. The first-order valence-electron chi connectivity index (χ1n) is 6.51. The number of carbonyl (C=O) groups is 1. The molecule has 0 radical (unpaired) electrons. The van der Waals surface area contributed by atoms with Gasteiger partial charge in [0.05, 0.1) is 5.69 Å². The van der Waals surface area contributed by atoms with Crippen LogP contribution in [-0.4, -0.2) is 22.2 Å². The molecule has 1 heterocycles. The minimum Gasteiger partial charge on any atom is -0.352 e. The van der Waals surface area contributed by atoms with E-state index in [2.05, 4.69) is 10.4 Å². The number of hydrogen-bond acceptors (Lipinski definition) is 2. The summed E-state index contributed by atoms with van der Waals surface area (Å²) < 4.78 is 1.90. The molecule has 2 rings (SSSR count). The summed E-state index contributed by atoms with van der Waals surface area (Å²) in [6.45, 7) is 5.39. The first-order chi connectivity index (χ1) is 9.16. The van der Waals surface area contributed by atoms with Crippen molar-refractivity contribution in [2.75, 3.05) is 6.54 Å². The van der Waals surface area contributed by atoms with Crippen molar-refractivity contribution in [2.24, 2.45) is 0 Å². The van der Waals surface area contributed by atoms with E-state index in [0.717, 1.165) is 29.8 Å². The highest BCUT2D eigenvalue weighted by Crippen LogP contribution is 2.06. The van der Waals surface area contributed by atoms with Gasteiger partial charge in [0, 0.05) is 24.8 Å². The summed E-state index contributed by atoms with van der Waals surface area (Å²) in [6, 6.07) is 9.59. The quantitative estimate of drug-likeness (QED) is 0.836. The molecule has 0 atom stereocenters. The van der Waals surface area contributed by atoms with Gasteiger partial charge in [-0.2, -0.15) is 5.10 Å². The standard InChI is InChI=1S/C15H19N3O/c1-12-6-3-4-7-14(12)15(19)16-9-5-10-18-11-8-13(2)17-18/h3-4,6-8,11H,5,9-10H2,1-2H3,(H,16,19). The molecule has 1 amide bonds. The Morgan fingerprint density at radius 1 is 1.26 bits per heavy atom. The van der Waals surface area contributed by atoms with E-state index in [9.17, 15) is 4.79 Å². The van der Waals surface area contributed by atoms with Gasteiger partial charge >= 0.3 is 0 Å². The van der Waals surface area contributed by atoms with Crippen molar-refractivity contribution in [3.05, 3.63) is 53.3 Å². The van der Waals surface area contributed by atoms with E-state index in [1.54, 1.807) is 0 Å². The van der Waals surface area contributed by atoms with Crippen LogP contribution in [-0.2, 0) is 6.54 Å². The highest BCUT2D eigenvalue weighted by atomic mass is 16.1. The molecule has 0 aliphatic rings. The first-order valence-corrected chi connectivity index (χ1v) is 6.51. The van der Waals surface area contributed by atoms with Crippen molar-refractivity contribution >= 4 is 5.91 Å². The maximum absolute atomic E-state index is 11.9. The average molecular weight is 257 g/mol. The number of benzene rings is 1. The maximum atomic E-state index is 11.9. The number of rotatable bonds is 5. The maximum Gasteiger partial charge on any atom is 0.251 e. The number of nitrogens with zero attached hydrogens (tertiary/aromatic N) is 2. The third kappa shape index (κ3) is 3.68. The number of carbonyl (C=O) groups excluding carboxylic acids is 1. The Labute approximate surface area is 113 Å². The van der Waals surface area contributed by atoms with E-state index in [0.29, 0.717) is 6.54 Å². The summed E-state index contributed by atoms with van der Waals surface area (Å²) in [5.41, 5.74) is 2.77. The number of aryl methyl sites for hydroxylation is 3. The van der Waals surface area contributed by atoms with Crippen LogP contribution in [0, 0.1) is 13.8 Å². The fourth-order valence-corrected chi connectivity index (χ4v) is 1.95. The molecule has 0 unspecified atom stereocenters. The lowest BCUT2D eigenvalue weighted by Crippen LogP contribution is -2.26. The third-order valence-electron chi connectivity index (χ3n) is 3.01. The fraction of sp³-hybridized carbons (Fsp3) is 0.333. The minimum atomic E-state index is -0.00486. The Kier molecular flexibility index (Phi) is 4.34. The summed E-state index contributed by atoms with van der Waals surface area (Å²) in [5.74, 6) is -0.00486. The van der Waals surface area contributed by atoms with Crippen molar-refractivity contribution in [3.8, 4) is 0 Å². The largest absolute Gasteiger partial charge is 0.352 e. The van der Waals surface area contributed by atoms with Gasteiger partial charge in [0.2, 0.25) is 0 Å². The Balaban J connectivity index is 1.77. The fourth-order valence-electron chi connectivity index (χ4n) is 1.95. The highest BCUT2D eigenvalue weighted by molar-refractivity contribution is 5.95. The van der Waals surface area contributed by atoms with Gasteiger partial charge in [0.25, 0.3) is 5.91 Å². The summed E-state index contributed by atoms with van der Waals surface area (Å²) in [5, 5.41) is 7.24. The molecule has 1 aromatic carbocycles. The van der Waals surface area contributed by atoms with E-state index in [4.69, 9.17) is 0 Å². The molecule has 0 bridgehead atoms. The van der Waals surface area contributed by atoms with Crippen LogP contribution in [0.15, 0.2) is 36.5 Å². The van der Waals surface area contributed by atoms with Crippen molar-refractivity contribution in [3.63, 3.8) is 0 Å². The topological polar surface area (TPSA) is 46.9 Å².